The third-order valence-corrected chi connectivity index (χ3v) is 6.98. The van der Waals surface area contributed by atoms with Crippen LogP contribution in [0.4, 0.5) is 0 Å². The van der Waals surface area contributed by atoms with Crippen LogP contribution in [0.2, 0.25) is 0 Å². The molecule has 4 aliphatic rings. The Kier molecular flexibility index (Phi) is 4.64. The molecule has 1 unspecified atom stereocenters. The van der Waals surface area contributed by atoms with E-state index in [1.165, 1.54) is 11.8 Å². The monoisotopic (exact) mass is 433 g/mol. The number of nitro groups is 1. The molecule has 0 amide bonds. The average molecular weight is 433 g/mol. The van der Waals surface area contributed by atoms with Gasteiger partial charge in [0.05, 0.1) is 18.0 Å². The van der Waals surface area contributed by atoms with Gasteiger partial charge in [-0.25, -0.2) is 0 Å². The number of rotatable bonds is 2. The Bertz CT molecular complexity index is 1030. The van der Waals surface area contributed by atoms with Crippen LogP contribution in [-0.4, -0.2) is 87.7 Å². The molecule has 0 aliphatic carbocycles. The number of hydrogen-bond donors (Lipinski definition) is 0. The maximum absolute atomic E-state index is 11.9. The smallest absolute Gasteiger partial charge is 0.357 e. The van der Waals surface area contributed by atoms with Gasteiger partial charge in [-0.05, 0) is 52.9 Å². The fourth-order valence-corrected chi connectivity index (χ4v) is 5.65. The lowest BCUT2D eigenvalue weighted by Gasteiger charge is -2.23. The zero-order chi connectivity index (χ0) is 20.8. The van der Waals surface area contributed by atoms with E-state index in [0.29, 0.717) is 0 Å². The van der Waals surface area contributed by atoms with E-state index in [1.807, 2.05) is 0 Å². The zero-order valence-electron chi connectivity index (χ0n) is 16.0. The highest BCUT2D eigenvalue weighted by molar-refractivity contribution is 8.15. The molecule has 4 aliphatic heterocycles. The first-order valence-corrected chi connectivity index (χ1v) is 10.7. The quantitative estimate of drug-likeness (QED) is 0.273. The Hall–Kier alpha value is -3.03. The highest BCUT2D eigenvalue weighted by Crippen LogP contribution is 2.38. The molecule has 0 radical (unpaired) electrons. The number of aromatic nitrogens is 4. The van der Waals surface area contributed by atoms with Crippen LogP contribution in [0.5, 0.6) is 0 Å². The Morgan fingerprint density at radius 1 is 1.10 bits per heavy atom. The predicted octanol–water partition coefficient (Wildman–Crippen LogP) is 0.0913. The van der Waals surface area contributed by atoms with Crippen molar-refractivity contribution in [2.45, 2.75) is 37.4 Å². The van der Waals surface area contributed by atoms with Gasteiger partial charge < -0.3 is 15.3 Å². The highest BCUT2D eigenvalue weighted by Gasteiger charge is 2.50. The van der Waals surface area contributed by atoms with Crippen molar-refractivity contribution in [3.63, 3.8) is 0 Å². The third-order valence-electron chi connectivity index (χ3n) is 5.75. The van der Waals surface area contributed by atoms with E-state index < -0.39 is 21.5 Å². The molecule has 0 aromatic carbocycles. The van der Waals surface area contributed by atoms with Gasteiger partial charge >= 0.3 is 5.17 Å². The van der Waals surface area contributed by atoms with E-state index in [0.717, 1.165) is 67.5 Å². The summed E-state index contributed by atoms with van der Waals surface area (Å²) in [6, 6.07) is 0. The second-order valence-electron chi connectivity index (χ2n) is 7.52. The summed E-state index contributed by atoms with van der Waals surface area (Å²) < 4.78 is 3.36. The van der Waals surface area contributed by atoms with E-state index in [2.05, 4.69) is 25.0 Å². The molecule has 1 aromatic rings. The molecule has 2 saturated heterocycles. The number of nitrogens with zero attached hydrogens (tertiary/aromatic N) is 9. The molecule has 2 fully saturated rings. The number of thioether (sulfide) groups is 1. The van der Waals surface area contributed by atoms with E-state index in [-0.39, 0.29) is 22.9 Å². The number of tetrazole rings is 1. The summed E-state index contributed by atoms with van der Waals surface area (Å²) >= 11 is 1.45. The first kappa shape index (κ1) is 19.0. The molecule has 1 atom stereocenters. The van der Waals surface area contributed by atoms with Crippen LogP contribution in [0.3, 0.4) is 0 Å². The van der Waals surface area contributed by atoms with E-state index >= 15 is 0 Å². The Balaban J connectivity index is 1.66. The third kappa shape index (κ3) is 3.02. The Morgan fingerprint density at radius 2 is 1.83 bits per heavy atom. The first-order chi connectivity index (χ1) is 14.5. The van der Waals surface area contributed by atoms with Crippen molar-refractivity contribution in [1.82, 2.24) is 25.1 Å². The van der Waals surface area contributed by atoms with Crippen LogP contribution in [0.15, 0.2) is 10.7 Å². The van der Waals surface area contributed by atoms with E-state index in [4.69, 9.17) is 4.99 Å². The van der Waals surface area contributed by atoms with Gasteiger partial charge in [-0.2, -0.15) is 9.58 Å². The maximum Gasteiger partial charge on any atom is 0.357 e. The lowest BCUT2D eigenvalue weighted by Crippen LogP contribution is -2.39. The Labute approximate surface area is 174 Å². The van der Waals surface area contributed by atoms with Crippen LogP contribution < -0.4 is 0 Å². The molecular formula is C16H19N9O4S. The van der Waals surface area contributed by atoms with Crippen molar-refractivity contribution < 1.29 is 14.4 Å². The fourth-order valence-electron chi connectivity index (χ4n) is 4.30. The molecule has 0 N–H and O–H groups in total. The second-order valence-corrected chi connectivity index (χ2v) is 8.59. The molecule has 0 saturated carbocycles. The van der Waals surface area contributed by atoms with Gasteiger partial charge in [0.1, 0.15) is 17.4 Å². The molecule has 14 heteroatoms. The summed E-state index contributed by atoms with van der Waals surface area (Å²) in [4.78, 5) is 17.8. The van der Waals surface area contributed by atoms with Crippen molar-refractivity contribution in [3.05, 3.63) is 32.1 Å². The van der Waals surface area contributed by atoms with Crippen molar-refractivity contribution in [1.29, 1.82) is 0 Å². The molecule has 158 valence electrons. The summed E-state index contributed by atoms with van der Waals surface area (Å²) in [7, 11) is 0. The van der Waals surface area contributed by atoms with Crippen molar-refractivity contribution in [2.24, 2.45) is 4.99 Å². The summed E-state index contributed by atoms with van der Waals surface area (Å²) in [5.74, 6) is 0.691. The van der Waals surface area contributed by atoms with Gasteiger partial charge in [-0.15, -0.1) is 5.10 Å². The van der Waals surface area contributed by atoms with Crippen molar-refractivity contribution >= 4 is 34.2 Å². The standard InChI is InChI=1S/C16H19N9O4S/c26-24(27)10-9-11(25(28)29)14-18-19-20-23(14)12(10)13-15(21-5-1-2-6-21)17-16(30-13)22-7-3-4-8-22/h13H,1-9H2. The van der Waals surface area contributed by atoms with Crippen LogP contribution in [0.25, 0.3) is 5.70 Å². The van der Waals surface area contributed by atoms with Crippen molar-refractivity contribution in [2.75, 3.05) is 26.2 Å². The van der Waals surface area contributed by atoms with Crippen molar-refractivity contribution in [3.8, 4) is 0 Å². The predicted molar refractivity (Wildman–Crippen MR) is 108 cm³/mol. The molecule has 0 bridgehead atoms. The highest BCUT2D eigenvalue weighted by atomic mass is 32.2. The van der Waals surface area contributed by atoms with Crippen LogP contribution in [0.1, 0.15) is 37.9 Å². The van der Waals surface area contributed by atoms with Gasteiger partial charge in [0, 0.05) is 13.1 Å². The van der Waals surface area contributed by atoms with Gasteiger partial charge in [-0.1, -0.05) is 0 Å². The minimum atomic E-state index is -0.651. The summed E-state index contributed by atoms with van der Waals surface area (Å²) in [6.07, 6.45) is 3.81. The number of likely N-dealkylation sites (tertiary alicyclic amines) is 1. The maximum atomic E-state index is 11.9. The molecule has 30 heavy (non-hydrogen) atoms. The van der Waals surface area contributed by atoms with E-state index in [9.17, 15) is 20.5 Å². The molecule has 5 heterocycles. The van der Waals surface area contributed by atoms with Crippen LogP contribution in [0, 0.1) is 20.5 Å². The van der Waals surface area contributed by atoms with Crippen LogP contribution in [-0.2, 0) is 0 Å². The summed E-state index contributed by atoms with van der Waals surface area (Å²) in [6.45, 7) is 3.47. The molecular weight excluding hydrogens is 414 g/mol. The number of aliphatic imine (C=N–C) groups is 1. The number of hydrogen-bond acceptors (Lipinski definition) is 9. The number of fused-ring (bicyclic) bond motifs is 1. The average Bonchev–Trinajstić information content (AvgIpc) is 3.52. The largest absolute Gasteiger partial charge is 0.612 e. The minimum Gasteiger partial charge on any atom is -0.612 e. The van der Waals surface area contributed by atoms with Gasteiger partial charge in [0.15, 0.2) is 0 Å². The first-order valence-electron chi connectivity index (χ1n) is 9.83. The topological polar surface area (TPSA) is 154 Å². The molecule has 5 rings (SSSR count). The van der Waals surface area contributed by atoms with Gasteiger partial charge in [0.2, 0.25) is 11.7 Å². The van der Waals surface area contributed by atoms with Gasteiger partial charge in [0.25, 0.3) is 11.4 Å². The summed E-state index contributed by atoms with van der Waals surface area (Å²) in [5, 5.41) is 46.5. The number of amidine groups is 2. The lowest BCUT2D eigenvalue weighted by molar-refractivity contribution is -0.503. The zero-order valence-corrected chi connectivity index (χ0v) is 16.8. The van der Waals surface area contributed by atoms with E-state index in [1.54, 1.807) is 0 Å². The lowest BCUT2D eigenvalue weighted by atomic mass is 10.1. The fraction of sp³-hybridized carbons (Fsp3) is 0.625. The molecule has 13 nitrogen and oxygen atoms in total. The van der Waals surface area contributed by atoms with Crippen LogP contribution >= 0.6 is 11.8 Å². The normalized spacial score (nSPS) is 24.0. The second kappa shape index (κ2) is 7.34. The molecule has 0 spiro atoms. The van der Waals surface area contributed by atoms with Gasteiger partial charge in [-0.3, -0.25) is 14.7 Å². The molecule has 1 aromatic heterocycles. The summed E-state index contributed by atoms with van der Waals surface area (Å²) in [5.41, 5.74) is -0.370. The Morgan fingerprint density at radius 3 is 2.50 bits per heavy atom. The SMILES string of the molecule is O=[N+]([O-])C1=C(C2SC(=[N+]3CCCC3)N=C2N2CCCC2)n2nnnc2C(=[N+]([O-])[O-])C1. The number of allylic oxidation sites excluding steroid dienone is 1. The minimum absolute atomic E-state index is 0.0587.